The van der Waals surface area contributed by atoms with E-state index in [2.05, 4.69) is 26.5 Å². The molecule has 1 aromatic heterocycles. The minimum absolute atomic E-state index is 0.311. The molecule has 0 radical (unpaired) electrons. The molecule has 1 amide bonds. The highest BCUT2D eigenvalue weighted by Crippen LogP contribution is 2.25. The lowest BCUT2D eigenvalue weighted by Gasteiger charge is -2.10. The molecule has 5 nitrogen and oxygen atoms in total. The fraction of sp³-hybridized carbons (Fsp3) is 0.0333. The van der Waals surface area contributed by atoms with E-state index in [1.165, 1.54) is 0 Å². The number of carbonyl (C=O) groups excluding carboxylic acids is 1. The van der Waals surface area contributed by atoms with E-state index in [0.717, 1.165) is 37.8 Å². The molecule has 5 aromatic rings. The van der Waals surface area contributed by atoms with Crippen molar-refractivity contribution in [3.05, 3.63) is 130 Å². The predicted octanol–water partition coefficient (Wildman–Crippen LogP) is 7.01. The number of benzene rings is 4. The van der Waals surface area contributed by atoms with Crippen molar-refractivity contribution in [2.45, 2.75) is 6.61 Å². The van der Waals surface area contributed by atoms with Gasteiger partial charge in [-0.25, -0.2) is 10.4 Å². The van der Waals surface area contributed by atoms with Crippen LogP contribution in [0.2, 0.25) is 0 Å². The van der Waals surface area contributed by atoms with Gasteiger partial charge in [-0.15, -0.1) is 0 Å². The number of amides is 1. The second kappa shape index (κ2) is 11.0. The van der Waals surface area contributed by atoms with Crippen LogP contribution in [0, 0.1) is 0 Å². The number of para-hydroxylation sites is 2. The zero-order valence-corrected chi connectivity index (χ0v) is 20.9. The molecule has 0 aliphatic heterocycles. The van der Waals surface area contributed by atoms with Crippen LogP contribution in [-0.2, 0) is 6.61 Å². The maximum atomic E-state index is 13.2. The monoisotopic (exact) mass is 535 g/mol. The third-order valence-corrected chi connectivity index (χ3v) is 6.10. The summed E-state index contributed by atoms with van der Waals surface area (Å²) in [5.41, 5.74) is 7.41. The molecule has 4 aromatic carbocycles. The van der Waals surface area contributed by atoms with E-state index in [1.54, 1.807) is 12.3 Å². The van der Waals surface area contributed by atoms with Crippen LogP contribution in [0.25, 0.3) is 22.2 Å². The van der Waals surface area contributed by atoms with E-state index in [4.69, 9.17) is 9.72 Å². The summed E-state index contributed by atoms with van der Waals surface area (Å²) in [6, 6.07) is 34.7. The highest BCUT2D eigenvalue weighted by molar-refractivity contribution is 9.10. The van der Waals surface area contributed by atoms with Crippen molar-refractivity contribution in [3.63, 3.8) is 0 Å². The molecule has 1 heterocycles. The third-order valence-electron chi connectivity index (χ3n) is 5.60. The first kappa shape index (κ1) is 23.5. The number of hydrogen-bond donors (Lipinski definition) is 1. The number of halogens is 1. The van der Waals surface area contributed by atoms with Crippen LogP contribution in [0.1, 0.15) is 21.5 Å². The molecule has 5 rings (SSSR count). The average Bonchev–Trinajstić information content (AvgIpc) is 2.92. The first-order valence-corrected chi connectivity index (χ1v) is 12.2. The van der Waals surface area contributed by atoms with Crippen molar-refractivity contribution in [2.75, 3.05) is 0 Å². The number of pyridine rings is 1. The Morgan fingerprint density at radius 2 is 1.67 bits per heavy atom. The summed E-state index contributed by atoms with van der Waals surface area (Å²) in [6.07, 6.45) is 1.59. The van der Waals surface area contributed by atoms with E-state index in [9.17, 15) is 4.79 Å². The first-order valence-electron chi connectivity index (χ1n) is 11.4. The Kier molecular flexibility index (Phi) is 7.15. The minimum Gasteiger partial charge on any atom is -0.488 e. The summed E-state index contributed by atoms with van der Waals surface area (Å²) in [4.78, 5) is 17.9. The summed E-state index contributed by atoms with van der Waals surface area (Å²) in [6.45, 7) is 0.419. The number of rotatable bonds is 7. The molecule has 6 heteroatoms. The van der Waals surface area contributed by atoms with Crippen molar-refractivity contribution >= 4 is 39.0 Å². The van der Waals surface area contributed by atoms with Gasteiger partial charge in [0.2, 0.25) is 0 Å². The largest absolute Gasteiger partial charge is 0.488 e. The predicted molar refractivity (Wildman–Crippen MR) is 147 cm³/mol. The molecule has 0 aliphatic carbocycles. The zero-order chi connectivity index (χ0) is 24.7. The number of carbonyl (C=O) groups is 1. The second-order valence-corrected chi connectivity index (χ2v) is 9.01. The van der Waals surface area contributed by atoms with Crippen LogP contribution in [0.3, 0.4) is 0 Å². The van der Waals surface area contributed by atoms with Crippen LogP contribution < -0.4 is 10.2 Å². The Bertz CT molecular complexity index is 1550. The van der Waals surface area contributed by atoms with Crippen LogP contribution in [0.15, 0.2) is 119 Å². The van der Waals surface area contributed by atoms with Crippen molar-refractivity contribution in [1.82, 2.24) is 10.4 Å². The molecule has 0 unspecified atom stereocenters. The van der Waals surface area contributed by atoms with Crippen molar-refractivity contribution in [1.29, 1.82) is 0 Å². The van der Waals surface area contributed by atoms with E-state index in [0.29, 0.717) is 17.9 Å². The highest BCUT2D eigenvalue weighted by Gasteiger charge is 2.13. The minimum atomic E-state index is -0.311. The summed E-state index contributed by atoms with van der Waals surface area (Å²) < 4.78 is 7.01. The fourth-order valence-electron chi connectivity index (χ4n) is 3.85. The number of nitrogens with one attached hydrogen (secondary N) is 1. The van der Waals surface area contributed by atoms with Gasteiger partial charge in [-0.1, -0.05) is 88.7 Å². The van der Waals surface area contributed by atoms with Crippen LogP contribution in [-0.4, -0.2) is 17.1 Å². The number of hydrazone groups is 1. The molecule has 36 heavy (non-hydrogen) atoms. The van der Waals surface area contributed by atoms with E-state index < -0.39 is 0 Å². The van der Waals surface area contributed by atoms with Gasteiger partial charge in [0.1, 0.15) is 12.4 Å². The topological polar surface area (TPSA) is 63.6 Å². The Hall–Kier alpha value is -4.29. The maximum absolute atomic E-state index is 13.2. The highest BCUT2D eigenvalue weighted by atomic mass is 79.9. The molecule has 0 aliphatic rings. The number of ether oxygens (including phenoxy) is 1. The molecular formula is C30H22BrN3O2. The molecule has 0 atom stereocenters. The van der Waals surface area contributed by atoms with Gasteiger partial charge in [-0.3, -0.25) is 4.79 Å². The average molecular weight is 536 g/mol. The Balaban J connectivity index is 1.36. The molecule has 0 spiro atoms. The summed E-state index contributed by atoms with van der Waals surface area (Å²) >= 11 is 3.48. The molecule has 0 saturated carbocycles. The van der Waals surface area contributed by atoms with E-state index in [-0.39, 0.29) is 5.91 Å². The van der Waals surface area contributed by atoms with Crippen LogP contribution in [0.5, 0.6) is 5.75 Å². The summed E-state index contributed by atoms with van der Waals surface area (Å²) in [5, 5.41) is 4.99. The van der Waals surface area contributed by atoms with Gasteiger partial charge in [0.15, 0.2) is 0 Å². The van der Waals surface area contributed by atoms with Gasteiger partial charge in [-0.05, 0) is 42.0 Å². The van der Waals surface area contributed by atoms with Crippen molar-refractivity contribution in [2.24, 2.45) is 5.10 Å². The van der Waals surface area contributed by atoms with Crippen molar-refractivity contribution in [3.8, 4) is 17.0 Å². The molecule has 1 N–H and O–H groups in total. The summed E-state index contributed by atoms with van der Waals surface area (Å²) in [5.74, 6) is 0.366. The smallest absolute Gasteiger partial charge is 0.272 e. The lowest BCUT2D eigenvalue weighted by Crippen LogP contribution is -2.18. The van der Waals surface area contributed by atoms with E-state index in [1.807, 2.05) is 103 Å². The van der Waals surface area contributed by atoms with Gasteiger partial charge in [0, 0.05) is 21.0 Å². The first-order chi connectivity index (χ1) is 17.7. The Morgan fingerprint density at radius 3 is 2.53 bits per heavy atom. The SMILES string of the molecule is O=C(N/N=C/c1ccccc1OCc1cccc(Br)c1)c1cc(-c2ccccc2)nc2ccccc12. The van der Waals surface area contributed by atoms with Gasteiger partial charge in [0.25, 0.3) is 5.91 Å². The van der Waals surface area contributed by atoms with Crippen LogP contribution >= 0.6 is 15.9 Å². The Labute approximate surface area is 217 Å². The molecule has 0 saturated heterocycles. The van der Waals surface area contributed by atoms with Gasteiger partial charge in [-0.2, -0.15) is 5.10 Å². The van der Waals surface area contributed by atoms with Gasteiger partial charge < -0.3 is 4.74 Å². The molecule has 176 valence electrons. The Morgan fingerprint density at radius 1 is 0.889 bits per heavy atom. The normalized spacial score (nSPS) is 11.0. The maximum Gasteiger partial charge on any atom is 0.272 e. The summed E-state index contributed by atoms with van der Waals surface area (Å²) in [7, 11) is 0. The van der Waals surface area contributed by atoms with E-state index >= 15 is 0 Å². The quantitative estimate of drug-likeness (QED) is 0.180. The molecular weight excluding hydrogens is 514 g/mol. The molecule has 0 fully saturated rings. The lowest BCUT2D eigenvalue weighted by atomic mass is 10.0. The third kappa shape index (κ3) is 5.50. The second-order valence-electron chi connectivity index (χ2n) is 8.09. The van der Waals surface area contributed by atoms with Gasteiger partial charge >= 0.3 is 0 Å². The molecule has 0 bridgehead atoms. The fourth-order valence-corrected chi connectivity index (χ4v) is 4.29. The van der Waals surface area contributed by atoms with Crippen molar-refractivity contribution < 1.29 is 9.53 Å². The number of aromatic nitrogens is 1. The van der Waals surface area contributed by atoms with Crippen LogP contribution in [0.4, 0.5) is 0 Å². The number of nitrogens with zero attached hydrogens (tertiary/aromatic N) is 2. The standard InChI is InChI=1S/C30H22BrN3O2/c31-24-13-8-9-21(17-24)20-36-29-16-7-4-12-23(29)19-32-34-30(35)26-18-28(22-10-2-1-3-11-22)33-27-15-6-5-14-25(26)27/h1-19H,20H2,(H,34,35)/b32-19+. The number of hydrogen-bond acceptors (Lipinski definition) is 4. The zero-order valence-electron chi connectivity index (χ0n) is 19.3. The van der Waals surface area contributed by atoms with Gasteiger partial charge in [0.05, 0.1) is 23.0 Å². The lowest BCUT2D eigenvalue weighted by molar-refractivity contribution is 0.0956. The number of fused-ring (bicyclic) bond motifs is 1.